The molecule has 8 rings (SSSR count). The fourth-order valence-electron chi connectivity index (χ4n) is 9.98. The summed E-state index contributed by atoms with van der Waals surface area (Å²) in [7, 11) is 0. The lowest BCUT2D eigenvalue weighted by Crippen LogP contribution is -2.48. The number of para-hydroxylation sites is 1. The number of hydrogen-bond donors (Lipinski definition) is 4. The predicted octanol–water partition coefficient (Wildman–Crippen LogP) is 6.61. The Morgan fingerprint density at radius 2 is 1.70 bits per heavy atom. The third-order valence-electron chi connectivity index (χ3n) is 13.9. The van der Waals surface area contributed by atoms with Crippen LogP contribution in [0.4, 0.5) is 11.5 Å². The van der Waals surface area contributed by atoms with Gasteiger partial charge in [-0.1, -0.05) is 50.2 Å². The van der Waals surface area contributed by atoms with E-state index < -0.39 is 18.1 Å². The molecule has 0 radical (unpaired) electrons. The first-order valence-corrected chi connectivity index (χ1v) is 25.2. The normalized spacial score (nSPS) is 19.1. The number of carbonyl (C=O) groups excluding carboxylic acids is 2. The average molecular weight is 966 g/mol. The molecule has 4 atom stereocenters. The Hall–Kier alpha value is -5.66. The van der Waals surface area contributed by atoms with Gasteiger partial charge < -0.3 is 54.7 Å². The van der Waals surface area contributed by atoms with Crippen LogP contribution in [0, 0.1) is 18.3 Å². The van der Waals surface area contributed by atoms with Crippen LogP contribution in [-0.4, -0.2) is 137 Å². The highest BCUT2D eigenvalue weighted by Crippen LogP contribution is 2.43. The molecule has 5 aromatic rings. The number of ether oxygens (including phenoxy) is 3. The van der Waals surface area contributed by atoms with Crippen molar-refractivity contribution in [1.29, 1.82) is 0 Å². The maximum atomic E-state index is 14.1. The number of nitrogens with two attached hydrogens (primary N) is 1. The monoisotopic (exact) mass is 965 g/mol. The van der Waals surface area contributed by atoms with E-state index in [-0.39, 0.29) is 55.0 Å². The van der Waals surface area contributed by atoms with Crippen LogP contribution in [0.2, 0.25) is 0 Å². The average Bonchev–Trinajstić information content (AvgIpc) is 4.17. The van der Waals surface area contributed by atoms with Crippen molar-refractivity contribution in [1.82, 2.24) is 35.5 Å². The summed E-state index contributed by atoms with van der Waals surface area (Å²) in [6.45, 7) is 15.1. The summed E-state index contributed by atoms with van der Waals surface area (Å²) in [5.74, 6) is -0.378. The molecule has 3 saturated heterocycles. The molecule has 0 aliphatic carbocycles. The summed E-state index contributed by atoms with van der Waals surface area (Å²) >= 11 is 1.59. The molecule has 1 spiro atoms. The van der Waals surface area contributed by atoms with Gasteiger partial charge in [0, 0.05) is 50.8 Å². The molecular weight excluding hydrogens is 899 g/mol. The third kappa shape index (κ3) is 12.2. The molecule has 2 amide bonds. The van der Waals surface area contributed by atoms with Crippen molar-refractivity contribution in [3.8, 4) is 33.3 Å². The van der Waals surface area contributed by atoms with Crippen molar-refractivity contribution in [3.05, 3.63) is 83.2 Å². The second-order valence-corrected chi connectivity index (χ2v) is 20.0. The number of thiazole rings is 1. The highest BCUT2D eigenvalue weighted by Gasteiger charge is 2.44. The number of aliphatic hydroxyl groups is 1. The Kier molecular flexibility index (Phi) is 16.5. The number of phenolic OH excluding ortho intramolecular Hbond substituents is 1. The zero-order valence-corrected chi connectivity index (χ0v) is 41.0. The van der Waals surface area contributed by atoms with Crippen LogP contribution in [0.5, 0.6) is 11.6 Å². The molecule has 0 bridgehead atoms. The fourth-order valence-corrected chi connectivity index (χ4v) is 10.8. The fraction of sp³-hybridized carbons (Fsp3) is 0.529. The molecule has 3 aliphatic rings. The summed E-state index contributed by atoms with van der Waals surface area (Å²) in [6.07, 6.45) is 4.79. The molecule has 0 saturated carbocycles. The highest BCUT2D eigenvalue weighted by molar-refractivity contribution is 7.13. The van der Waals surface area contributed by atoms with Crippen LogP contribution in [0.15, 0.2) is 70.7 Å². The molecule has 5 N–H and O–H groups in total. The number of piperidine rings is 1. The number of nitrogen functional groups attached to an aromatic ring is 1. The van der Waals surface area contributed by atoms with Crippen LogP contribution in [0.1, 0.15) is 88.3 Å². The smallest absolute Gasteiger partial charge is 0.254 e. The van der Waals surface area contributed by atoms with E-state index >= 15 is 0 Å². The Morgan fingerprint density at radius 1 is 0.957 bits per heavy atom. The van der Waals surface area contributed by atoms with Gasteiger partial charge in [-0.3, -0.25) is 9.59 Å². The molecular formula is C51H67N9O8S. The van der Waals surface area contributed by atoms with E-state index in [4.69, 9.17) is 24.5 Å². The van der Waals surface area contributed by atoms with Crippen molar-refractivity contribution in [3.63, 3.8) is 0 Å². The SMILES string of the molecule is Cc1ncsc1-c1ccc([C@H](C)NC(=O)[C@@H]2C[C@@H](O)CN2C(=O)[C@@H](c2cc(OCCOCCOCCCCN3CCC4(CCN(c5cc(-c6ccccc6O)nnc5N)CC4)C3)no2)C(C)C)cc1. The number of aromatic nitrogens is 4. The maximum absolute atomic E-state index is 14.1. The number of nitrogens with one attached hydrogen (secondary N) is 1. The quantitative estimate of drug-likeness (QED) is 0.0569. The lowest BCUT2D eigenvalue weighted by molar-refractivity contribution is -0.141. The van der Waals surface area contributed by atoms with Gasteiger partial charge in [-0.2, -0.15) is 0 Å². The number of amides is 2. The number of hydrogen-bond acceptors (Lipinski definition) is 16. The first-order valence-electron chi connectivity index (χ1n) is 24.3. The summed E-state index contributed by atoms with van der Waals surface area (Å²) in [6, 6.07) is 17.6. The zero-order valence-electron chi connectivity index (χ0n) is 40.2. The Morgan fingerprint density at radius 3 is 2.43 bits per heavy atom. The Bertz CT molecular complexity index is 2470. The van der Waals surface area contributed by atoms with E-state index in [0.717, 1.165) is 85.8 Å². The lowest BCUT2D eigenvalue weighted by atomic mass is 9.77. The van der Waals surface area contributed by atoms with E-state index in [1.807, 2.05) is 75.7 Å². The number of likely N-dealkylation sites (tertiary alicyclic amines) is 2. The first kappa shape index (κ1) is 49.8. The minimum absolute atomic E-state index is 0.0472. The van der Waals surface area contributed by atoms with Crippen LogP contribution < -0.4 is 20.7 Å². The molecule has 3 fully saturated rings. The largest absolute Gasteiger partial charge is 0.507 e. The van der Waals surface area contributed by atoms with Crippen molar-refractivity contribution >= 4 is 34.7 Å². The Labute approximate surface area is 408 Å². The highest BCUT2D eigenvalue weighted by atomic mass is 32.1. The standard InChI is InChI=1S/C51H67N9O8S/c1-33(2)46(50(64)60-30-38(61)27-42(60)49(63)54-34(3)36-11-13-37(14-12-36)47-35(4)53-32-69-47)44-29-45(57-68-44)67-26-25-66-24-23-65-22-8-7-18-58-19-15-51(31-58)16-20-59(21-17-51)41-28-40(55-56-48(41)52)39-9-5-6-10-43(39)62/h5-6,9-14,28-29,32-34,38,42,46,61-62H,7-8,15-27,30-31H2,1-4H3,(H2,52,56)(H,54,63)/t34-,38+,42-,46+/m0/s1. The third-order valence-corrected chi connectivity index (χ3v) is 14.9. The molecule has 3 aromatic heterocycles. The number of β-amino-alcohol motifs (C(OH)–C–C–N with tert-alkyl or cyclic N) is 1. The number of rotatable bonds is 21. The number of aromatic hydroxyl groups is 1. The summed E-state index contributed by atoms with van der Waals surface area (Å²) in [4.78, 5) is 39.6. The summed E-state index contributed by atoms with van der Waals surface area (Å²) in [5.41, 5.74) is 13.6. The van der Waals surface area contributed by atoms with Crippen LogP contribution >= 0.6 is 11.3 Å². The van der Waals surface area contributed by atoms with E-state index in [1.54, 1.807) is 29.5 Å². The van der Waals surface area contributed by atoms with E-state index in [2.05, 4.69) is 35.5 Å². The van der Waals surface area contributed by atoms with Gasteiger partial charge >= 0.3 is 0 Å². The van der Waals surface area contributed by atoms with E-state index in [1.165, 1.54) is 11.3 Å². The number of anilines is 2. The molecule has 3 aliphatic heterocycles. The Balaban J connectivity index is 0.693. The molecule has 69 heavy (non-hydrogen) atoms. The second-order valence-electron chi connectivity index (χ2n) is 19.1. The van der Waals surface area contributed by atoms with Crippen molar-refractivity contribution in [2.45, 2.75) is 90.3 Å². The van der Waals surface area contributed by atoms with Gasteiger partial charge in [0.25, 0.3) is 5.88 Å². The van der Waals surface area contributed by atoms with Crippen molar-refractivity contribution in [2.24, 2.45) is 11.3 Å². The van der Waals surface area contributed by atoms with Crippen LogP contribution in [0.25, 0.3) is 21.7 Å². The van der Waals surface area contributed by atoms with Crippen LogP contribution in [0.3, 0.4) is 0 Å². The minimum Gasteiger partial charge on any atom is -0.507 e. The molecule has 370 valence electrons. The number of nitrogens with zero attached hydrogens (tertiary/aromatic N) is 7. The van der Waals surface area contributed by atoms with Gasteiger partial charge in [0.05, 0.1) is 59.4 Å². The van der Waals surface area contributed by atoms with Crippen LogP contribution in [-0.2, 0) is 19.1 Å². The van der Waals surface area contributed by atoms with Gasteiger partial charge in [-0.25, -0.2) is 4.98 Å². The van der Waals surface area contributed by atoms with Crippen molar-refractivity contribution in [2.75, 3.05) is 82.9 Å². The predicted molar refractivity (Wildman–Crippen MR) is 264 cm³/mol. The number of carbonyl (C=O) groups is 2. The number of aliphatic hydroxyl groups excluding tert-OH is 1. The van der Waals surface area contributed by atoms with Gasteiger partial charge in [-0.15, -0.1) is 21.5 Å². The van der Waals surface area contributed by atoms with E-state index in [0.29, 0.717) is 54.7 Å². The molecule has 2 aromatic carbocycles. The molecule has 6 heterocycles. The molecule has 0 unspecified atom stereocenters. The van der Waals surface area contributed by atoms with Gasteiger partial charge in [0.15, 0.2) is 11.6 Å². The number of aryl methyl sites for hydroxylation is 1. The molecule has 18 heteroatoms. The number of unbranched alkanes of at least 4 members (excludes halogenated alkanes) is 1. The zero-order chi connectivity index (χ0) is 48.5. The second kappa shape index (κ2) is 22.8. The molecule has 17 nitrogen and oxygen atoms in total. The van der Waals surface area contributed by atoms with Gasteiger partial charge in [0.2, 0.25) is 11.8 Å². The minimum atomic E-state index is -0.832. The number of phenols is 1. The first-order chi connectivity index (χ1) is 33.4. The topological polar surface area (TPSA) is 215 Å². The number of benzene rings is 2. The van der Waals surface area contributed by atoms with E-state index in [9.17, 15) is 19.8 Å². The summed E-state index contributed by atoms with van der Waals surface area (Å²) < 4.78 is 23.0. The summed E-state index contributed by atoms with van der Waals surface area (Å²) in [5, 5.41) is 36.6. The van der Waals surface area contributed by atoms with Crippen molar-refractivity contribution < 1.29 is 38.5 Å². The van der Waals surface area contributed by atoms with Gasteiger partial charge in [0.1, 0.15) is 24.3 Å². The van der Waals surface area contributed by atoms with Gasteiger partial charge in [-0.05, 0) is 105 Å². The maximum Gasteiger partial charge on any atom is 0.254 e. The lowest BCUT2D eigenvalue weighted by Gasteiger charge is -2.40.